The van der Waals surface area contributed by atoms with E-state index < -0.39 is 30.6 Å². The number of hydrogen-bond donors (Lipinski definition) is 1. The number of alkyl halides is 5. The van der Waals surface area contributed by atoms with Crippen molar-refractivity contribution in [1.82, 2.24) is 4.90 Å². The third kappa shape index (κ3) is 4.12. The van der Waals surface area contributed by atoms with Crippen molar-refractivity contribution >= 4 is 23.4 Å². The number of amides is 1. The molecule has 1 aromatic carbocycles. The lowest BCUT2D eigenvalue weighted by atomic mass is 10.1. The van der Waals surface area contributed by atoms with Crippen molar-refractivity contribution in [3.8, 4) is 0 Å². The first-order valence-electron chi connectivity index (χ1n) is 7.46. The molecule has 26 heavy (non-hydrogen) atoms. The summed E-state index contributed by atoms with van der Waals surface area (Å²) in [4.78, 5) is 13.2. The zero-order valence-electron chi connectivity index (χ0n) is 13.1. The smallest absolute Gasteiger partial charge is 0.406 e. The highest BCUT2D eigenvalue weighted by atomic mass is 32.2. The second-order valence-corrected chi connectivity index (χ2v) is 6.49. The Morgan fingerprint density at radius 2 is 1.92 bits per heavy atom. The number of carbonyl (C=O) groups excluding carboxylic acids is 1. The van der Waals surface area contributed by atoms with Crippen LogP contribution < -0.4 is 5.32 Å². The van der Waals surface area contributed by atoms with E-state index in [2.05, 4.69) is 5.32 Å². The van der Waals surface area contributed by atoms with Crippen molar-refractivity contribution in [3.05, 3.63) is 53.5 Å². The molecule has 10 heteroatoms. The van der Waals surface area contributed by atoms with Crippen LogP contribution in [0.3, 0.4) is 0 Å². The summed E-state index contributed by atoms with van der Waals surface area (Å²) in [5.74, 6) is -3.28. The summed E-state index contributed by atoms with van der Waals surface area (Å²) >= 11 is 0.336. The first kappa shape index (κ1) is 18.6. The van der Waals surface area contributed by atoms with Gasteiger partial charge in [-0.2, -0.15) is 22.0 Å². The molecule has 4 nitrogen and oxygen atoms in total. The third-order valence-electron chi connectivity index (χ3n) is 3.68. The fourth-order valence-electron chi connectivity index (χ4n) is 2.64. The van der Waals surface area contributed by atoms with Gasteiger partial charge < -0.3 is 14.6 Å². The molecule has 0 radical (unpaired) electrons. The Morgan fingerprint density at radius 1 is 1.19 bits per heavy atom. The van der Waals surface area contributed by atoms with E-state index in [9.17, 15) is 26.7 Å². The van der Waals surface area contributed by atoms with Gasteiger partial charge >= 0.3 is 6.18 Å². The minimum absolute atomic E-state index is 0.0435. The first-order chi connectivity index (χ1) is 12.2. The molecule has 1 amide bonds. The van der Waals surface area contributed by atoms with Crippen molar-refractivity contribution in [3.63, 3.8) is 0 Å². The van der Waals surface area contributed by atoms with Crippen LogP contribution in [-0.2, 0) is 5.75 Å². The van der Waals surface area contributed by atoms with Crippen molar-refractivity contribution in [1.29, 1.82) is 0 Å². The molecule has 0 bridgehead atoms. The topological polar surface area (TPSA) is 45.5 Å². The average Bonchev–Trinajstić information content (AvgIpc) is 3.03. The van der Waals surface area contributed by atoms with Gasteiger partial charge in [0, 0.05) is 5.69 Å². The van der Waals surface area contributed by atoms with Crippen LogP contribution in [0.5, 0.6) is 0 Å². The van der Waals surface area contributed by atoms with Gasteiger partial charge in [0.2, 0.25) is 0 Å². The molecule has 1 aliphatic heterocycles. The van der Waals surface area contributed by atoms with Crippen LogP contribution in [0.2, 0.25) is 0 Å². The molecule has 3 rings (SSSR count). The maximum atomic E-state index is 13.0. The first-order valence-corrected chi connectivity index (χ1v) is 8.51. The monoisotopic (exact) mass is 392 g/mol. The number of nitrogens with zero attached hydrogens (tertiary/aromatic N) is 1. The van der Waals surface area contributed by atoms with Crippen LogP contribution in [-0.4, -0.2) is 29.3 Å². The Hall–Kier alpha value is -2.23. The van der Waals surface area contributed by atoms with E-state index in [1.54, 1.807) is 18.2 Å². The lowest BCUT2D eigenvalue weighted by Crippen LogP contribution is -2.47. The van der Waals surface area contributed by atoms with Crippen molar-refractivity contribution in [2.75, 3.05) is 11.9 Å². The van der Waals surface area contributed by atoms with Crippen LogP contribution in [0.15, 0.2) is 40.8 Å². The lowest BCUT2D eigenvalue weighted by Gasteiger charge is -2.37. The Kier molecular flexibility index (Phi) is 5.12. The molecule has 0 saturated carbocycles. The number of halogens is 5. The molecule has 0 saturated heterocycles. The largest absolute Gasteiger partial charge is 0.461 e. The zero-order chi connectivity index (χ0) is 18.9. The average molecular weight is 392 g/mol. The van der Waals surface area contributed by atoms with E-state index in [1.165, 1.54) is 18.2 Å². The number of rotatable bonds is 5. The molecule has 0 aliphatic carbocycles. The van der Waals surface area contributed by atoms with E-state index >= 15 is 0 Å². The highest BCUT2D eigenvalue weighted by molar-refractivity contribution is 7.98. The Morgan fingerprint density at radius 3 is 2.62 bits per heavy atom. The molecular weight excluding hydrogens is 379 g/mol. The summed E-state index contributed by atoms with van der Waals surface area (Å²) in [6.07, 6.45) is -5.80. The van der Waals surface area contributed by atoms with E-state index in [4.69, 9.17) is 4.42 Å². The van der Waals surface area contributed by atoms with Crippen molar-refractivity contribution in [2.24, 2.45) is 0 Å². The predicted octanol–water partition coefficient (Wildman–Crippen LogP) is 4.86. The standard InChI is InChI=1S/C16H13F5N2O2S/c17-15(18)26-7-9-5-6-12(25-9)13-22-11-4-2-1-3-10(11)14(24)23(13)8-16(19,20)21/h1-6,13,15,22H,7-8H2/t13-/m1/s1. The number of para-hydroxylation sites is 1. The number of carbonyl (C=O) groups is 1. The zero-order valence-corrected chi connectivity index (χ0v) is 13.9. The lowest BCUT2D eigenvalue weighted by molar-refractivity contribution is -0.144. The van der Waals surface area contributed by atoms with Crippen LogP contribution in [0.1, 0.15) is 28.0 Å². The van der Waals surface area contributed by atoms with Gasteiger partial charge in [0.05, 0.1) is 11.3 Å². The highest BCUT2D eigenvalue weighted by Crippen LogP contribution is 2.36. The summed E-state index contributed by atoms with van der Waals surface area (Å²) in [6.45, 7) is -1.47. The van der Waals surface area contributed by atoms with E-state index in [0.29, 0.717) is 22.3 Å². The van der Waals surface area contributed by atoms with Gasteiger partial charge in [0.25, 0.3) is 11.7 Å². The van der Waals surface area contributed by atoms with Crippen LogP contribution in [0.4, 0.5) is 27.6 Å². The molecule has 1 atom stereocenters. The summed E-state index contributed by atoms with van der Waals surface area (Å²) in [7, 11) is 0. The van der Waals surface area contributed by atoms with Crippen molar-refractivity contribution < 1.29 is 31.2 Å². The summed E-state index contributed by atoms with van der Waals surface area (Å²) in [6, 6.07) is 8.98. The minimum Gasteiger partial charge on any atom is -0.461 e. The number of furan rings is 1. The second-order valence-electron chi connectivity index (χ2n) is 5.52. The molecule has 0 fully saturated rings. The highest BCUT2D eigenvalue weighted by Gasteiger charge is 2.41. The van der Waals surface area contributed by atoms with Gasteiger partial charge in [-0.3, -0.25) is 4.79 Å². The van der Waals surface area contributed by atoms with Crippen LogP contribution >= 0.6 is 11.8 Å². The number of fused-ring (bicyclic) bond motifs is 1. The molecule has 140 valence electrons. The van der Waals surface area contributed by atoms with Gasteiger partial charge in [0.15, 0.2) is 6.17 Å². The molecule has 0 spiro atoms. The minimum atomic E-state index is -4.61. The molecule has 2 heterocycles. The Balaban J connectivity index is 1.91. The van der Waals surface area contributed by atoms with Crippen molar-refractivity contribution in [2.45, 2.75) is 23.9 Å². The molecule has 1 N–H and O–H groups in total. The quantitative estimate of drug-likeness (QED) is 0.738. The Bertz CT molecular complexity index is 793. The number of nitrogens with one attached hydrogen (secondary N) is 1. The van der Waals surface area contributed by atoms with Gasteiger partial charge in [-0.25, -0.2) is 0 Å². The van der Waals surface area contributed by atoms with E-state index in [0.717, 1.165) is 0 Å². The third-order valence-corrected chi connectivity index (χ3v) is 4.38. The summed E-state index contributed by atoms with van der Waals surface area (Å²) < 4.78 is 68.8. The normalized spacial score (nSPS) is 17.4. The molecule has 2 aromatic rings. The molecule has 1 aliphatic rings. The van der Waals surface area contributed by atoms with Crippen LogP contribution in [0, 0.1) is 0 Å². The number of hydrogen-bond acceptors (Lipinski definition) is 4. The van der Waals surface area contributed by atoms with E-state index in [1.807, 2.05) is 0 Å². The fourth-order valence-corrected chi connectivity index (χ4v) is 3.08. The van der Waals surface area contributed by atoms with Gasteiger partial charge in [-0.05, 0) is 24.3 Å². The maximum absolute atomic E-state index is 13.0. The maximum Gasteiger partial charge on any atom is 0.406 e. The van der Waals surface area contributed by atoms with E-state index in [-0.39, 0.29) is 22.8 Å². The number of thioether (sulfide) groups is 1. The summed E-state index contributed by atoms with van der Waals surface area (Å²) in [5, 5.41) is 2.85. The SMILES string of the molecule is O=C1c2ccccc2N[C@@H](c2ccc(CSC(F)F)o2)N1CC(F)(F)F. The molecule has 0 unspecified atom stereocenters. The van der Waals surface area contributed by atoms with Gasteiger partial charge in [-0.15, -0.1) is 0 Å². The molecular formula is C16H13F5N2O2S. The van der Waals surface area contributed by atoms with Gasteiger partial charge in [-0.1, -0.05) is 23.9 Å². The predicted molar refractivity (Wildman–Crippen MR) is 85.9 cm³/mol. The number of anilines is 1. The number of benzene rings is 1. The molecule has 1 aromatic heterocycles. The summed E-state index contributed by atoms with van der Waals surface area (Å²) in [5.41, 5.74) is 0.494. The van der Waals surface area contributed by atoms with Gasteiger partial charge in [0.1, 0.15) is 18.1 Å². The van der Waals surface area contributed by atoms with Crippen LogP contribution in [0.25, 0.3) is 0 Å². The fraction of sp³-hybridized carbons (Fsp3) is 0.312. The Labute approximate surface area is 149 Å². The second kappa shape index (κ2) is 7.18.